The average molecular weight is 447 g/mol. The molecule has 0 bridgehead atoms. The number of morpholine rings is 1. The van der Waals surface area contributed by atoms with E-state index in [2.05, 4.69) is 26.7 Å². The Bertz CT molecular complexity index is 1220. The predicted molar refractivity (Wildman–Crippen MR) is 134 cm³/mol. The fourth-order valence-corrected chi connectivity index (χ4v) is 3.71. The number of fused-ring (bicyclic) bond motifs is 1. The van der Waals surface area contributed by atoms with Crippen molar-refractivity contribution in [3.8, 4) is 11.4 Å². The van der Waals surface area contributed by atoms with Crippen LogP contribution in [0.2, 0.25) is 0 Å². The summed E-state index contributed by atoms with van der Waals surface area (Å²) >= 11 is 4.80. The number of nitrogens with zero attached hydrogens (tertiary/aromatic N) is 5. The van der Waals surface area contributed by atoms with Crippen molar-refractivity contribution in [1.82, 2.24) is 20.2 Å². The molecule has 164 valence electrons. The van der Waals surface area contributed by atoms with Gasteiger partial charge in [-0.1, -0.05) is 24.8 Å². The number of allylic oxidation sites excluding steroid dienone is 3. The van der Waals surface area contributed by atoms with Crippen molar-refractivity contribution in [2.45, 2.75) is 18.7 Å². The molecule has 4 rings (SSSR count). The van der Waals surface area contributed by atoms with Crippen molar-refractivity contribution in [1.29, 1.82) is 0 Å². The van der Waals surface area contributed by atoms with Crippen LogP contribution in [0.1, 0.15) is 19.5 Å². The van der Waals surface area contributed by atoms with Gasteiger partial charge in [0.2, 0.25) is 0 Å². The second kappa shape index (κ2) is 9.93. The summed E-state index contributed by atoms with van der Waals surface area (Å²) in [4.78, 5) is 17.0. The minimum absolute atomic E-state index is 0.637. The molecule has 0 saturated carbocycles. The van der Waals surface area contributed by atoms with E-state index in [1.807, 2.05) is 44.2 Å². The van der Waals surface area contributed by atoms with E-state index < -0.39 is 0 Å². The molecule has 3 aromatic rings. The van der Waals surface area contributed by atoms with E-state index in [4.69, 9.17) is 27.3 Å². The molecule has 32 heavy (non-hydrogen) atoms. The molecule has 2 aromatic heterocycles. The summed E-state index contributed by atoms with van der Waals surface area (Å²) in [5, 5.41) is 8.17. The van der Waals surface area contributed by atoms with Gasteiger partial charge in [-0.05, 0) is 37.1 Å². The Kier molecular flexibility index (Phi) is 6.82. The van der Waals surface area contributed by atoms with Gasteiger partial charge in [-0.25, -0.2) is 9.97 Å². The number of aromatic amines is 1. The van der Waals surface area contributed by atoms with Gasteiger partial charge in [-0.2, -0.15) is 5.10 Å². The molecule has 8 heteroatoms. The Morgan fingerprint density at radius 2 is 2.06 bits per heavy atom. The summed E-state index contributed by atoms with van der Waals surface area (Å²) in [6.45, 7) is 10.6. The molecular weight excluding hydrogens is 420 g/mol. The maximum atomic E-state index is 5.52. The number of ether oxygens (including phenoxy) is 1. The molecule has 1 N–H and O–H groups in total. The summed E-state index contributed by atoms with van der Waals surface area (Å²) < 4.78 is 5.52. The van der Waals surface area contributed by atoms with Crippen LogP contribution in [0, 0.1) is 0 Å². The molecule has 1 fully saturated rings. The van der Waals surface area contributed by atoms with E-state index in [1.165, 1.54) is 0 Å². The number of anilines is 1. The van der Waals surface area contributed by atoms with Crippen LogP contribution in [-0.4, -0.2) is 52.7 Å². The zero-order chi connectivity index (χ0) is 22.5. The van der Waals surface area contributed by atoms with Gasteiger partial charge in [0, 0.05) is 36.5 Å². The van der Waals surface area contributed by atoms with Gasteiger partial charge in [0.15, 0.2) is 5.82 Å². The van der Waals surface area contributed by atoms with Crippen molar-refractivity contribution in [2.24, 2.45) is 4.99 Å². The lowest BCUT2D eigenvalue weighted by molar-refractivity contribution is 0.122. The Labute approximate surface area is 193 Å². The summed E-state index contributed by atoms with van der Waals surface area (Å²) in [7, 11) is 0. The van der Waals surface area contributed by atoms with Crippen LogP contribution in [0.4, 0.5) is 5.82 Å². The third-order valence-electron chi connectivity index (χ3n) is 5.01. The van der Waals surface area contributed by atoms with Crippen molar-refractivity contribution < 1.29 is 4.74 Å². The maximum absolute atomic E-state index is 5.52. The first kappa shape index (κ1) is 22.0. The van der Waals surface area contributed by atoms with Crippen molar-refractivity contribution in [2.75, 3.05) is 31.2 Å². The second-order valence-corrected chi connectivity index (χ2v) is 8.12. The number of thiol groups is 1. The average Bonchev–Trinajstić information content (AvgIpc) is 3.28. The van der Waals surface area contributed by atoms with E-state index >= 15 is 0 Å². The van der Waals surface area contributed by atoms with Crippen LogP contribution in [0.25, 0.3) is 28.4 Å². The van der Waals surface area contributed by atoms with Gasteiger partial charge in [0.25, 0.3) is 0 Å². The lowest BCUT2D eigenvalue weighted by Crippen LogP contribution is -2.37. The normalized spacial score (nSPS) is 15.3. The highest BCUT2D eigenvalue weighted by Crippen LogP contribution is 2.32. The lowest BCUT2D eigenvalue weighted by Gasteiger charge is -2.29. The van der Waals surface area contributed by atoms with E-state index in [0.29, 0.717) is 19.0 Å². The van der Waals surface area contributed by atoms with Gasteiger partial charge in [0.05, 0.1) is 35.5 Å². The topological polar surface area (TPSA) is 79.3 Å². The highest BCUT2D eigenvalue weighted by Gasteiger charge is 2.20. The molecule has 7 nitrogen and oxygen atoms in total. The van der Waals surface area contributed by atoms with Crippen LogP contribution in [0.3, 0.4) is 0 Å². The molecule has 0 unspecified atom stereocenters. The van der Waals surface area contributed by atoms with Crippen LogP contribution < -0.4 is 4.90 Å². The molecular formula is C24H26N6OS. The van der Waals surface area contributed by atoms with Crippen LogP contribution >= 0.6 is 12.6 Å². The van der Waals surface area contributed by atoms with Crippen LogP contribution in [0.15, 0.2) is 64.3 Å². The lowest BCUT2D eigenvalue weighted by atomic mass is 10.1. The molecule has 0 amide bonds. The van der Waals surface area contributed by atoms with Crippen LogP contribution in [0.5, 0.6) is 0 Å². The number of nitrogens with one attached hydrogen (secondary N) is 1. The number of H-pyrrole nitrogens is 1. The molecule has 1 aromatic carbocycles. The fourth-order valence-electron chi connectivity index (χ4n) is 3.39. The Morgan fingerprint density at radius 1 is 1.25 bits per heavy atom. The standard InChI is InChI=1S/C24H26N6OS/c1-16(2)13-25-14-17(3)7-8-21-22(32)24(30-9-11-31-12-10-30)28-23(27-21)18-5-4-6-20-19(18)15-26-29-20/h4-8,13-15,32H,1,9-12H2,2-3H3,(H,26,29)/b8-7+,17-14+,25-13?. The minimum Gasteiger partial charge on any atom is -0.378 e. The first-order valence-electron chi connectivity index (χ1n) is 10.4. The minimum atomic E-state index is 0.637. The molecule has 0 spiro atoms. The monoisotopic (exact) mass is 446 g/mol. The van der Waals surface area contributed by atoms with Gasteiger partial charge < -0.3 is 9.64 Å². The van der Waals surface area contributed by atoms with Crippen molar-refractivity contribution in [3.63, 3.8) is 0 Å². The smallest absolute Gasteiger partial charge is 0.162 e. The third kappa shape index (κ3) is 4.98. The van der Waals surface area contributed by atoms with Gasteiger partial charge in [0.1, 0.15) is 5.82 Å². The molecule has 0 radical (unpaired) electrons. The largest absolute Gasteiger partial charge is 0.378 e. The summed E-state index contributed by atoms with van der Waals surface area (Å²) in [6.07, 6.45) is 9.25. The first-order valence-corrected chi connectivity index (χ1v) is 10.9. The highest BCUT2D eigenvalue weighted by atomic mass is 32.1. The van der Waals surface area contributed by atoms with Gasteiger partial charge >= 0.3 is 0 Å². The summed E-state index contributed by atoms with van der Waals surface area (Å²) in [5.41, 5.74) is 4.50. The van der Waals surface area contributed by atoms with Gasteiger partial charge in [-0.15, -0.1) is 12.6 Å². The van der Waals surface area contributed by atoms with Crippen molar-refractivity contribution >= 4 is 41.6 Å². The van der Waals surface area contributed by atoms with Crippen LogP contribution in [-0.2, 0) is 4.74 Å². The number of rotatable bonds is 6. The van der Waals surface area contributed by atoms with E-state index in [0.717, 1.165) is 57.1 Å². The SMILES string of the molecule is C=C(C)C=N/C=C(C)/C=C/c1nc(-c2cccc3[nH]ncc23)nc(N2CCOCC2)c1S. The predicted octanol–water partition coefficient (Wildman–Crippen LogP) is 4.71. The summed E-state index contributed by atoms with van der Waals surface area (Å²) in [5.74, 6) is 1.45. The maximum Gasteiger partial charge on any atom is 0.162 e. The fraction of sp³-hybridized carbons (Fsp3) is 0.250. The van der Waals surface area contributed by atoms with Crippen molar-refractivity contribution in [3.05, 3.63) is 60.1 Å². The van der Waals surface area contributed by atoms with E-state index in [1.54, 1.807) is 18.6 Å². The zero-order valence-electron chi connectivity index (χ0n) is 18.2. The molecule has 0 aliphatic carbocycles. The van der Waals surface area contributed by atoms with E-state index in [9.17, 15) is 0 Å². The number of aromatic nitrogens is 4. The molecule has 3 heterocycles. The first-order chi connectivity index (χ1) is 15.5. The molecule has 1 aliphatic rings. The Morgan fingerprint density at radius 3 is 2.84 bits per heavy atom. The molecule has 1 aliphatic heterocycles. The number of benzene rings is 1. The Balaban J connectivity index is 1.78. The Hall–Kier alpha value is -3.23. The number of hydrogen-bond donors (Lipinski definition) is 2. The third-order valence-corrected chi connectivity index (χ3v) is 5.44. The molecule has 1 saturated heterocycles. The second-order valence-electron chi connectivity index (χ2n) is 7.67. The highest BCUT2D eigenvalue weighted by molar-refractivity contribution is 7.80. The van der Waals surface area contributed by atoms with E-state index in [-0.39, 0.29) is 0 Å². The summed E-state index contributed by atoms with van der Waals surface area (Å²) in [6, 6.07) is 5.98. The van der Waals surface area contributed by atoms with Gasteiger partial charge in [-0.3, -0.25) is 10.1 Å². The molecule has 0 atom stereocenters. The quantitative estimate of drug-likeness (QED) is 0.326. The number of hydrogen-bond acceptors (Lipinski definition) is 7. The number of aliphatic imine (C=N–C) groups is 1. The zero-order valence-corrected chi connectivity index (χ0v) is 19.1.